The Hall–Kier alpha value is -2.70. The predicted molar refractivity (Wildman–Crippen MR) is 99.7 cm³/mol. The second-order valence-corrected chi connectivity index (χ2v) is 5.81. The number of amides is 2. The van der Waals surface area contributed by atoms with Gasteiger partial charge in [-0.1, -0.05) is 48.0 Å². The van der Waals surface area contributed by atoms with E-state index in [1.54, 1.807) is 42.5 Å². The van der Waals surface area contributed by atoms with Crippen LogP contribution in [0.15, 0.2) is 55.1 Å². The molecule has 0 fully saturated rings. The molecule has 0 aliphatic heterocycles. The molecule has 2 aromatic rings. The molecule has 0 saturated carbocycles. The molecule has 2 amide bonds. The molecule has 6 nitrogen and oxygen atoms in total. The number of carbonyl (C=O) groups excluding carboxylic acids is 2. The van der Waals surface area contributed by atoms with Crippen molar-refractivity contribution in [2.24, 2.45) is 0 Å². The van der Waals surface area contributed by atoms with E-state index >= 15 is 0 Å². The van der Waals surface area contributed by atoms with Gasteiger partial charge in [-0.05, 0) is 30.3 Å². The van der Waals surface area contributed by atoms with Gasteiger partial charge in [0.25, 0.3) is 11.8 Å². The fraction of sp³-hybridized carbons (Fsp3) is 0.111. The van der Waals surface area contributed by atoms with E-state index in [1.807, 2.05) is 0 Å². The first-order valence-corrected chi connectivity index (χ1v) is 8.26. The highest BCUT2D eigenvalue weighted by Gasteiger charge is 2.13. The molecule has 0 aliphatic carbocycles. The van der Waals surface area contributed by atoms with Crippen LogP contribution in [0.3, 0.4) is 0 Å². The Morgan fingerprint density at radius 3 is 2.54 bits per heavy atom. The summed E-state index contributed by atoms with van der Waals surface area (Å²) < 4.78 is 10.7. The molecule has 0 bridgehead atoms. The minimum absolute atomic E-state index is 0.256. The van der Waals surface area contributed by atoms with E-state index in [9.17, 15) is 9.59 Å². The van der Waals surface area contributed by atoms with Crippen molar-refractivity contribution in [2.75, 3.05) is 13.2 Å². The van der Waals surface area contributed by atoms with Gasteiger partial charge < -0.3 is 9.47 Å². The van der Waals surface area contributed by atoms with E-state index in [0.29, 0.717) is 16.5 Å². The van der Waals surface area contributed by atoms with E-state index in [2.05, 4.69) is 17.4 Å². The normalized spacial score (nSPS) is 9.92. The number of hydrogen-bond donors (Lipinski definition) is 2. The topological polar surface area (TPSA) is 76.7 Å². The molecular weight excluding hydrogens is 379 g/mol. The Kier molecular flexibility index (Phi) is 7.32. The van der Waals surface area contributed by atoms with Crippen molar-refractivity contribution in [3.63, 3.8) is 0 Å². The van der Waals surface area contributed by atoms with Crippen LogP contribution < -0.4 is 20.3 Å². The van der Waals surface area contributed by atoms with Crippen LogP contribution >= 0.6 is 23.2 Å². The number of halogens is 2. The van der Waals surface area contributed by atoms with Gasteiger partial charge in [-0.15, -0.1) is 0 Å². The molecule has 2 rings (SSSR count). The Labute approximate surface area is 160 Å². The molecule has 2 N–H and O–H groups in total. The number of rotatable bonds is 7. The fourth-order valence-electron chi connectivity index (χ4n) is 1.89. The first kappa shape index (κ1) is 19.6. The van der Waals surface area contributed by atoms with E-state index < -0.39 is 11.8 Å². The lowest BCUT2D eigenvalue weighted by Crippen LogP contribution is -2.43. The summed E-state index contributed by atoms with van der Waals surface area (Å²) in [5.74, 6) is -0.402. The number of nitrogens with one attached hydrogen (secondary N) is 2. The van der Waals surface area contributed by atoms with Gasteiger partial charge in [-0.3, -0.25) is 20.4 Å². The molecule has 0 unspecified atom stereocenters. The Bertz CT molecular complexity index is 812. The zero-order valence-electron chi connectivity index (χ0n) is 13.6. The van der Waals surface area contributed by atoms with E-state index in [0.717, 1.165) is 0 Å². The average molecular weight is 395 g/mol. The highest BCUT2D eigenvalue weighted by molar-refractivity contribution is 6.35. The maximum absolute atomic E-state index is 12.2. The summed E-state index contributed by atoms with van der Waals surface area (Å²) in [7, 11) is 0. The van der Waals surface area contributed by atoms with Gasteiger partial charge in [0, 0.05) is 5.02 Å². The smallest absolute Gasteiger partial charge is 0.276 e. The number of para-hydroxylation sites is 1. The van der Waals surface area contributed by atoms with Crippen LogP contribution in [0.2, 0.25) is 10.0 Å². The fourth-order valence-corrected chi connectivity index (χ4v) is 2.36. The lowest BCUT2D eigenvalue weighted by atomic mass is 10.2. The summed E-state index contributed by atoms with van der Waals surface area (Å²) in [6.45, 7) is 3.47. The zero-order chi connectivity index (χ0) is 18.9. The van der Waals surface area contributed by atoms with Gasteiger partial charge in [0.1, 0.15) is 18.1 Å². The third-order valence-electron chi connectivity index (χ3n) is 3.06. The van der Waals surface area contributed by atoms with Gasteiger partial charge >= 0.3 is 0 Å². The number of benzene rings is 2. The minimum atomic E-state index is -0.561. The SMILES string of the molecule is C=CCOc1ccccc1C(=O)NNC(=O)COc1ccc(Cl)cc1Cl. The van der Waals surface area contributed by atoms with Crippen molar-refractivity contribution in [1.82, 2.24) is 10.9 Å². The maximum Gasteiger partial charge on any atom is 0.276 e. The summed E-state index contributed by atoms with van der Waals surface area (Å²) in [5.41, 5.74) is 4.83. The number of hydrazine groups is 1. The van der Waals surface area contributed by atoms with Gasteiger partial charge in [-0.25, -0.2) is 0 Å². The quantitative estimate of drug-likeness (QED) is 0.557. The lowest BCUT2D eigenvalue weighted by molar-refractivity contribution is -0.123. The van der Waals surface area contributed by atoms with Crippen molar-refractivity contribution in [2.45, 2.75) is 0 Å². The van der Waals surface area contributed by atoms with Crippen LogP contribution in [0.4, 0.5) is 0 Å². The highest BCUT2D eigenvalue weighted by Crippen LogP contribution is 2.27. The van der Waals surface area contributed by atoms with Gasteiger partial charge in [0.15, 0.2) is 6.61 Å². The molecule has 2 aromatic carbocycles. The Morgan fingerprint density at radius 1 is 1.04 bits per heavy atom. The molecule has 0 saturated heterocycles. The molecule has 0 atom stereocenters. The molecule has 0 aromatic heterocycles. The third kappa shape index (κ3) is 5.68. The predicted octanol–water partition coefficient (Wildman–Crippen LogP) is 3.40. The Balaban J connectivity index is 1.87. The molecule has 0 spiro atoms. The molecule has 0 heterocycles. The van der Waals surface area contributed by atoms with Crippen molar-refractivity contribution < 1.29 is 19.1 Å². The van der Waals surface area contributed by atoms with E-state index in [4.69, 9.17) is 32.7 Å². The zero-order valence-corrected chi connectivity index (χ0v) is 15.1. The van der Waals surface area contributed by atoms with Crippen molar-refractivity contribution in [3.8, 4) is 11.5 Å². The molecule has 8 heteroatoms. The van der Waals surface area contributed by atoms with Crippen molar-refractivity contribution in [1.29, 1.82) is 0 Å². The summed E-state index contributed by atoms with van der Waals surface area (Å²) in [4.78, 5) is 24.0. The first-order chi connectivity index (χ1) is 12.5. The maximum atomic E-state index is 12.2. The summed E-state index contributed by atoms with van der Waals surface area (Å²) in [6.07, 6.45) is 1.57. The monoisotopic (exact) mass is 394 g/mol. The molecular formula is C18H16Cl2N2O4. The first-order valence-electron chi connectivity index (χ1n) is 7.51. The lowest BCUT2D eigenvalue weighted by Gasteiger charge is -2.12. The summed E-state index contributed by atoms with van der Waals surface area (Å²) in [5, 5.41) is 0.735. The van der Waals surface area contributed by atoms with Crippen molar-refractivity contribution >= 4 is 35.0 Å². The molecule has 26 heavy (non-hydrogen) atoms. The Morgan fingerprint density at radius 2 is 1.81 bits per heavy atom. The summed E-state index contributed by atoms with van der Waals surface area (Å²) in [6, 6.07) is 11.3. The third-order valence-corrected chi connectivity index (χ3v) is 3.59. The van der Waals surface area contributed by atoms with Crippen molar-refractivity contribution in [3.05, 3.63) is 70.7 Å². The summed E-state index contributed by atoms with van der Waals surface area (Å²) >= 11 is 11.7. The standard InChI is InChI=1S/C18H16Cl2N2O4/c1-2-9-25-15-6-4-3-5-13(15)18(24)22-21-17(23)11-26-16-8-7-12(19)10-14(16)20/h2-8,10H,1,9,11H2,(H,21,23)(H,22,24). The van der Waals surface area contributed by atoms with E-state index in [-0.39, 0.29) is 23.8 Å². The minimum Gasteiger partial charge on any atom is -0.489 e. The number of carbonyl (C=O) groups is 2. The second-order valence-electron chi connectivity index (χ2n) is 4.96. The van der Waals surface area contributed by atoms with E-state index in [1.165, 1.54) is 6.07 Å². The van der Waals surface area contributed by atoms with Gasteiger partial charge in [-0.2, -0.15) is 0 Å². The molecule has 0 radical (unpaired) electrons. The van der Waals surface area contributed by atoms with Crippen LogP contribution in [0.25, 0.3) is 0 Å². The largest absolute Gasteiger partial charge is 0.489 e. The number of ether oxygens (including phenoxy) is 2. The average Bonchev–Trinajstić information content (AvgIpc) is 2.64. The van der Waals surface area contributed by atoms with Crippen LogP contribution in [0.1, 0.15) is 10.4 Å². The van der Waals surface area contributed by atoms with Crippen LogP contribution in [-0.2, 0) is 4.79 Å². The number of hydrogen-bond acceptors (Lipinski definition) is 4. The van der Waals surface area contributed by atoms with Gasteiger partial charge in [0.2, 0.25) is 0 Å². The van der Waals surface area contributed by atoms with Gasteiger partial charge in [0.05, 0.1) is 10.6 Å². The second kappa shape index (κ2) is 9.70. The van der Waals surface area contributed by atoms with Crippen LogP contribution in [0.5, 0.6) is 11.5 Å². The van der Waals surface area contributed by atoms with Crippen LogP contribution in [-0.4, -0.2) is 25.0 Å². The van der Waals surface area contributed by atoms with Crippen LogP contribution in [0, 0.1) is 0 Å². The highest BCUT2D eigenvalue weighted by atomic mass is 35.5. The molecule has 0 aliphatic rings. The molecule has 136 valence electrons.